The fourth-order valence-electron chi connectivity index (χ4n) is 4.38. The van der Waals surface area contributed by atoms with E-state index in [0.29, 0.717) is 42.1 Å². The lowest BCUT2D eigenvalue weighted by atomic mass is 10.0. The van der Waals surface area contributed by atoms with Crippen LogP contribution in [0, 0.1) is 11.7 Å². The van der Waals surface area contributed by atoms with Gasteiger partial charge < -0.3 is 14.6 Å². The molecule has 0 radical (unpaired) electrons. The van der Waals surface area contributed by atoms with Crippen molar-refractivity contribution in [2.24, 2.45) is 5.92 Å². The number of likely N-dealkylation sites (tertiary alicyclic amines) is 1. The fraction of sp³-hybridized carbons (Fsp3) is 0.360. The Kier molecular flexibility index (Phi) is 6.00. The molecule has 1 atom stereocenters. The predicted octanol–water partition coefficient (Wildman–Crippen LogP) is 4.64. The van der Waals surface area contributed by atoms with Gasteiger partial charge in [-0.2, -0.15) is 4.98 Å². The second-order valence-corrected chi connectivity index (χ2v) is 9.06. The van der Waals surface area contributed by atoms with Crippen LogP contribution in [0.1, 0.15) is 33.1 Å². The maximum Gasteiger partial charge on any atom is 0.306 e. The quantitative estimate of drug-likeness (QED) is 0.449. The van der Waals surface area contributed by atoms with Crippen LogP contribution in [0.3, 0.4) is 0 Å². The number of benzene rings is 1. The first-order chi connectivity index (χ1) is 16.5. The Balaban J connectivity index is 1.42. The zero-order valence-electron chi connectivity index (χ0n) is 19.2. The van der Waals surface area contributed by atoms with Gasteiger partial charge in [0, 0.05) is 43.5 Å². The fourth-order valence-corrected chi connectivity index (χ4v) is 4.38. The minimum absolute atomic E-state index is 0.0797. The van der Waals surface area contributed by atoms with E-state index < -0.39 is 0 Å². The van der Waals surface area contributed by atoms with Gasteiger partial charge in [0.05, 0.1) is 5.69 Å². The highest BCUT2D eigenvalue weighted by Gasteiger charge is 2.25. The highest BCUT2D eigenvalue weighted by molar-refractivity contribution is 5.79. The van der Waals surface area contributed by atoms with E-state index in [-0.39, 0.29) is 17.8 Å². The second-order valence-electron chi connectivity index (χ2n) is 9.06. The number of oxazole rings is 1. The van der Waals surface area contributed by atoms with Crippen molar-refractivity contribution in [1.29, 1.82) is 0 Å². The second kappa shape index (κ2) is 9.24. The van der Waals surface area contributed by atoms with Gasteiger partial charge in [-0.3, -0.25) is 9.20 Å². The Morgan fingerprint density at radius 1 is 1.24 bits per heavy atom. The molecule has 1 aromatic carbocycles. The normalized spacial score (nSPS) is 16.4. The number of fused-ring (bicyclic) bond motifs is 1. The lowest BCUT2D eigenvalue weighted by Gasteiger charge is -2.33. The van der Waals surface area contributed by atoms with E-state index in [0.717, 1.165) is 30.6 Å². The van der Waals surface area contributed by atoms with Gasteiger partial charge in [0.1, 0.15) is 23.5 Å². The Morgan fingerprint density at radius 2 is 2.06 bits per heavy atom. The van der Waals surface area contributed by atoms with Crippen molar-refractivity contribution in [3.8, 4) is 22.6 Å². The third-order valence-corrected chi connectivity index (χ3v) is 5.97. The lowest BCUT2D eigenvalue weighted by Crippen LogP contribution is -2.45. The highest BCUT2D eigenvalue weighted by atomic mass is 19.1. The number of imidazole rings is 1. The summed E-state index contributed by atoms with van der Waals surface area (Å²) in [6.45, 7) is 5.55. The van der Waals surface area contributed by atoms with Gasteiger partial charge in [0.2, 0.25) is 11.9 Å². The van der Waals surface area contributed by atoms with Crippen LogP contribution in [0.25, 0.3) is 28.5 Å². The number of rotatable bonds is 6. The van der Waals surface area contributed by atoms with Gasteiger partial charge >= 0.3 is 5.84 Å². The van der Waals surface area contributed by atoms with Crippen LogP contribution in [0.15, 0.2) is 53.4 Å². The topological polar surface area (TPSA) is 88.6 Å². The molecular formula is C25H27FN6O2. The maximum absolute atomic E-state index is 13.5. The van der Waals surface area contributed by atoms with Crippen molar-refractivity contribution in [1.82, 2.24) is 24.3 Å². The van der Waals surface area contributed by atoms with Crippen molar-refractivity contribution in [3.05, 3.63) is 54.8 Å². The number of nitrogens with one attached hydrogen (secondary N) is 1. The van der Waals surface area contributed by atoms with E-state index in [4.69, 9.17) is 9.40 Å². The molecule has 3 aromatic heterocycles. The van der Waals surface area contributed by atoms with Crippen LogP contribution in [0.5, 0.6) is 0 Å². The van der Waals surface area contributed by atoms with Crippen molar-refractivity contribution in [2.75, 3.05) is 18.4 Å². The van der Waals surface area contributed by atoms with Crippen LogP contribution >= 0.6 is 0 Å². The summed E-state index contributed by atoms with van der Waals surface area (Å²) in [4.78, 5) is 28.2. The first kappa shape index (κ1) is 22.1. The summed E-state index contributed by atoms with van der Waals surface area (Å²) < 4.78 is 20.8. The number of hydrogen-bond acceptors (Lipinski definition) is 6. The summed E-state index contributed by atoms with van der Waals surface area (Å²) in [5.41, 5.74) is 2.80. The van der Waals surface area contributed by atoms with Crippen LogP contribution in [-0.2, 0) is 4.79 Å². The first-order valence-corrected chi connectivity index (χ1v) is 11.6. The Morgan fingerprint density at radius 3 is 2.85 bits per heavy atom. The number of amides is 1. The molecule has 0 bridgehead atoms. The number of carbonyl (C=O) groups excluding carboxylic acids is 1. The minimum Gasteiger partial charge on any atom is -0.432 e. The largest absolute Gasteiger partial charge is 0.432 e. The molecule has 0 aliphatic carbocycles. The number of aromatic nitrogens is 4. The van der Waals surface area contributed by atoms with Gasteiger partial charge in [-0.1, -0.05) is 13.8 Å². The maximum atomic E-state index is 13.5. The summed E-state index contributed by atoms with van der Waals surface area (Å²) in [5, 5.41) is 3.41. The lowest BCUT2D eigenvalue weighted by molar-refractivity contribution is -0.133. The SMILES string of the molecule is CC(C)CC(=O)N1CCCC(Nc2nccc(-c3c(-c4ccc(F)cc4)nc4occn34)n2)C1. The molecule has 1 aliphatic rings. The molecule has 1 amide bonds. The Hall–Kier alpha value is -3.75. The minimum atomic E-state index is -0.310. The molecule has 1 unspecified atom stereocenters. The highest BCUT2D eigenvalue weighted by Crippen LogP contribution is 2.32. The van der Waals surface area contributed by atoms with Crippen LogP contribution in [0.2, 0.25) is 0 Å². The monoisotopic (exact) mass is 462 g/mol. The van der Waals surface area contributed by atoms with E-state index in [1.54, 1.807) is 30.8 Å². The van der Waals surface area contributed by atoms with Gasteiger partial charge in [0.25, 0.3) is 0 Å². The summed E-state index contributed by atoms with van der Waals surface area (Å²) in [7, 11) is 0. The van der Waals surface area contributed by atoms with Crippen LogP contribution in [0.4, 0.5) is 10.3 Å². The van der Waals surface area contributed by atoms with E-state index in [1.165, 1.54) is 12.1 Å². The number of anilines is 1. The Bertz CT molecular complexity index is 1300. The van der Waals surface area contributed by atoms with Gasteiger partial charge in [0.15, 0.2) is 0 Å². The molecule has 176 valence electrons. The number of nitrogens with zero attached hydrogens (tertiary/aromatic N) is 5. The van der Waals surface area contributed by atoms with E-state index in [1.807, 2.05) is 15.4 Å². The van der Waals surface area contributed by atoms with Crippen molar-refractivity contribution >= 4 is 17.7 Å². The van der Waals surface area contributed by atoms with Crippen LogP contribution < -0.4 is 5.32 Å². The standard InChI is InChI=1S/C25H27FN6O2/c1-16(2)14-21(33)31-11-3-4-19(15-31)28-24-27-10-9-20(29-24)23-22(17-5-7-18(26)8-6-17)30-25-32(23)12-13-34-25/h5-10,12-13,16,19H,3-4,11,14-15H2,1-2H3,(H,27,28,29). The smallest absolute Gasteiger partial charge is 0.306 e. The van der Waals surface area contributed by atoms with Gasteiger partial charge in [-0.15, -0.1) is 0 Å². The van der Waals surface area contributed by atoms with Crippen molar-refractivity contribution in [2.45, 2.75) is 39.2 Å². The molecule has 34 heavy (non-hydrogen) atoms. The van der Waals surface area contributed by atoms with E-state index >= 15 is 0 Å². The zero-order valence-corrected chi connectivity index (χ0v) is 19.2. The van der Waals surface area contributed by atoms with Crippen molar-refractivity contribution in [3.63, 3.8) is 0 Å². The summed E-state index contributed by atoms with van der Waals surface area (Å²) in [6.07, 6.45) is 7.48. The Labute approximate surface area is 196 Å². The number of carbonyl (C=O) groups is 1. The summed E-state index contributed by atoms with van der Waals surface area (Å²) in [6, 6.07) is 8.08. The summed E-state index contributed by atoms with van der Waals surface area (Å²) in [5.74, 6) is 1.14. The van der Waals surface area contributed by atoms with Gasteiger partial charge in [-0.05, 0) is 49.1 Å². The number of halogens is 1. The molecule has 1 fully saturated rings. The average Bonchev–Trinajstić information content (AvgIpc) is 3.41. The van der Waals surface area contributed by atoms with E-state index in [2.05, 4.69) is 29.1 Å². The third-order valence-electron chi connectivity index (χ3n) is 5.97. The molecule has 4 heterocycles. The molecule has 8 nitrogen and oxygen atoms in total. The molecule has 5 rings (SSSR count). The first-order valence-electron chi connectivity index (χ1n) is 11.6. The zero-order chi connectivity index (χ0) is 23.7. The molecule has 1 N–H and O–H groups in total. The van der Waals surface area contributed by atoms with Crippen LogP contribution in [-0.4, -0.2) is 49.3 Å². The predicted molar refractivity (Wildman–Crippen MR) is 127 cm³/mol. The van der Waals surface area contributed by atoms with Gasteiger partial charge in [-0.25, -0.2) is 14.4 Å². The average molecular weight is 463 g/mol. The molecule has 9 heteroatoms. The number of piperidine rings is 1. The molecule has 0 spiro atoms. The number of hydrogen-bond donors (Lipinski definition) is 1. The van der Waals surface area contributed by atoms with E-state index in [9.17, 15) is 9.18 Å². The third kappa shape index (κ3) is 4.50. The summed E-state index contributed by atoms with van der Waals surface area (Å²) >= 11 is 0. The molecule has 1 aliphatic heterocycles. The molecular weight excluding hydrogens is 435 g/mol. The van der Waals surface area contributed by atoms with Crippen molar-refractivity contribution < 1.29 is 13.6 Å². The molecule has 1 saturated heterocycles. The molecule has 0 saturated carbocycles. The molecule has 4 aromatic rings.